The van der Waals surface area contributed by atoms with Crippen molar-refractivity contribution in [3.05, 3.63) is 29.3 Å². The Morgan fingerprint density at radius 1 is 1.37 bits per heavy atom. The molecule has 1 N–H and O–H groups in total. The molecular formula is C14H22N2O2S. The molecule has 1 rings (SSSR count). The first-order valence-electron chi connectivity index (χ1n) is 6.20. The van der Waals surface area contributed by atoms with Gasteiger partial charge in [0.15, 0.2) is 5.11 Å². The molecule has 4 nitrogen and oxygen atoms in total. The van der Waals surface area contributed by atoms with Gasteiger partial charge in [-0.15, -0.1) is 0 Å². The van der Waals surface area contributed by atoms with E-state index in [0.29, 0.717) is 24.8 Å². The van der Waals surface area contributed by atoms with E-state index in [1.807, 2.05) is 24.1 Å². The summed E-state index contributed by atoms with van der Waals surface area (Å²) in [5.41, 5.74) is 2.34. The van der Waals surface area contributed by atoms with Gasteiger partial charge in [-0.2, -0.15) is 0 Å². The number of hydrogen-bond donors (Lipinski definition) is 1. The number of thiocarbonyl (C=S) groups is 1. The summed E-state index contributed by atoms with van der Waals surface area (Å²) in [6.45, 7) is 4.13. The van der Waals surface area contributed by atoms with Crippen LogP contribution in [0.2, 0.25) is 0 Å². The Kier molecular flexibility index (Phi) is 6.59. The second-order valence-corrected chi connectivity index (χ2v) is 4.78. The molecule has 0 radical (unpaired) electrons. The average molecular weight is 282 g/mol. The smallest absolute Gasteiger partial charge is 0.169 e. The minimum absolute atomic E-state index is 0.641. The molecule has 0 saturated heterocycles. The second kappa shape index (κ2) is 7.96. The summed E-state index contributed by atoms with van der Waals surface area (Å²) in [7, 11) is 5.32. The molecule has 1 aromatic carbocycles. The summed E-state index contributed by atoms with van der Waals surface area (Å²) in [6.07, 6.45) is 0. The number of methoxy groups -OCH3 is 2. The molecule has 0 amide bonds. The van der Waals surface area contributed by atoms with Crippen molar-refractivity contribution in [3.8, 4) is 5.75 Å². The number of nitrogens with one attached hydrogen (secondary N) is 1. The summed E-state index contributed by atoms with van der Waals surface area (Å²) >= 11 is 5.32. The topological polar surface area (TPSA) is 33.7 Å². The lowest BCUT2D eigenvalue weighted by Crippen LogP contribution is -2.38. The molecular weight excluding hydrogens is 260 g/mol. The van der Waals surface area contributed by atoms with Crippen LogP contribution in [0.1, 0.15) is 11.1 Å². The highest BCUT2D eigenvalue weighted by molar-refractivity contribution is 7.80. The van der Waals surface area contributed by atoms with Crippen LogP contribution in [0.15, 0.2) is 18.2 Å². The molecule has 0 saturated carbocycles. The van der Waals surface area contributed by atoms with Gasteiger partial charge in [-0.3, -0.25) is 0 Å². The van der Waals surface area contributed by atoms with E-state index < -0.39 is 0 Å². The van der Waals surface area contributed by atoms with Crippen LogP contribution >= 0.6 is 12.2 Å². The monoisotopic (exact) mass is 282 g/mol. The maximum Gasteiger partial charge on any atom is 0.169 e. The van der Waals surface area contributed by atoms with Crippen LogP contribution in [0.4, 0.5) is 0 Å². The minimum atomic E-state index is 0.641. The first-order valence-corrected chi connectivity index (χ1v) is 6.60. The summed E-state index contributed by atoms with van der Waals surface area (Å²) in [5.74, 6) is 0.886. The third-order valence-corrected chi connectivity index (χ3v) is 3.23. The van der Waals surface area contributed by atoms with Gasteiger partial charge in [-0.25, -0.2) is 0 Å². The Bertz CT molecular complexity index is 424. The quantitative estimate of drug-likeness (QED) is 0.637. The fourth-order valence-corrected chi connectivity index (χ4v) is 1.92. The van der Waals surface area contributed by atoms with Crippen LogP contribution in [0.25, 0.3) is 0 Å². The van der Waals surface area contributed by atoms with Gasteiger partial charge < -0.3 is 19.7 Å². The highest BCUT2D eigenvalue weighted by atomic mass is 32.1. The molecule has 0 spiro atoms. The van der Waals surface area contributed by atoms with E-state index in [4.69, 9.17) is 21.7 Å². The van der Waals surface area contributed by atoms with E-state index >= 15 is 0 Å². The number of ether oxygens (including phenoxy) is 2. The highest BCUT2D eigenvalue weighted by Gasteiger charge is 2.09. The largest absolute Gasteiger partial charge is 0.496 e. The van der Waals surface area contributed by atoms with E-state index in [9.17, 15) is 0 Å². The fraction of sp³-hybridized carbons (Fsp3) is 0.500. The zero-order valence-electron chi connectivity index (χ0n) is 12.0. The normalized spacial score (nSPS) is 10.1. The number of nitrogens with zero attached hydrogens (tertiary/aromatic N) is 1. The van der Waals surface area contributed by atoms with Crippen molar-refractivity contribution < 1.29 is 9.47 Å². The fourth-order valence-electron chi connectivity index (χ4n) is 1.75. The van der Waals surface area contributed by atoms with Crippen molar-refractivity contribution in [2.24, 2.45) is 0 Å². The van der Waals surface area contributed by atoms with Crippen molar-refractivity contribution in [2.45, 2.75) is 13.5 Å². The number of aryl methyl sites for hydroxylation is 1. The van der Waals surface area contributed by atoms with Gasteiger partial charge in [0.2, 0.25) is 0 Å². The molecule has 1 aromatic rings. The van der Waals surface area contributed by atoms with Gasteiger partial charge in [0.05, 0.1) is 13.7 Å². The lowest BCUT2D eigenvalue weighted by Gasteiger charge is -2.22. The molecule has 0 fully saturated rings. The zero-order valence-corrected chi connectivity index (χ0v) is 12.8. The van der Waals surface area contributed by atoms with Crippen LogP contribution < -0.4 is 10.1 Å². The molecule has 0 aromatic heterocycles. The van der Waals surface area contributed by atoms with Crippen LogP contribution in [-0.2, 0) is 11.3 Å². The summed E-state index contributed by atoms with van der Waals surface area (Å²) in [4.78, 5) is 1.99. The molecule has 5 heteroatoms. The Balaban J connectivity index is 2.62. The Labute approximate surface area is 120 Å². The highest BCUT2D eigenvalue weighted by Crippen LogP contribution is 2.20. The van der Waals surface area contributed by atoms with E-state index in [1.54, 1.807) is 14.2 Å². The number of benzene rings is 1. The van der Waals surface area contributed by atoms with Crippen LogP contribution in [0.3, 0.4) is 0 Å². The van der Waals surface area contributed by atoms with E-state index in [0.717, 1.165) is 11.3 Å². The lowest BCUT2D eigenvalue weighted by atomic mass is 10.1. The zero-order chi connectivity index (χ0) is 14.3. The first kappa shape index (κ1) is 15.7. The van der Waals surface area contributed by atoms with Crippen LogP contribution in [0.5, 0.6) is 5.75 Å². The van der Waals surface area contributed by atoms with Gasteiger partial charge in [-0.05, 0) is 25.2 Å². The predicted molar refractivity (Wildman–Crippen MR) is 81.7 cm³/mol. The molecule has 0 aliphatic rings. The van der Waals surface area contributed by atoms with Crippen molar-refractivity contribution >= 4 is 17.3 Å². The van der Waals surface area contributed by atoms with Crippen molar-refractivity contribution in [1.82, 2.24) is 10.2 Å². The molecule has 0 unspecified atom stereocenters. The standard InChI is InChI=1S/C14H22N2O2S/c1-11-5-6-13(18-4)12(9-11)10-16(2)14(19)15-7-8-17-3/h5-6,9H,7-8,10H2,1-4H3,(H,15,19). The Morgan fingerprint density at radius 3 is 2.74 bits per heavy atom. The third-order valence-electron chi connectivity index (χ3n) is 2.77. The first-order chi connectivity index (χ1) is 9.08. The van der Waals surface area contributed by atoms with Gasteiger partial charge in [0.25, 0.3) is 0 Å². The molecule has 19 heavy (non-hydrogen) atoms. The maximum absolute atomic E-state index is 5.37. The van der Waals surface area contributed by atoms with Gasteiger partial charge in [-0.1, -0.05) is 17.7 Å². The summed E-state index contributed by atoms with van der Waals surface area (Å²) < 4.78 is 10.4. The van der Waals surface area contributed by atoms with Crippen LogP contribution in [-0.4, -0.2) is 44.4 Å². The Hall–Kier alpha value is -1.33. The predicted octanol–water partition coefficient (Wildman–Crippen LogP) is 1.96. The summed E-state index contributed by atoms with van der Waals surface area (Å²) in [5, 5.41) is 3.86. The Morgan fingerprint density at radius 2 is 2.11 bits per heavy atom. The van der Waals surface area contributed by atoms with Crippen molar-refractivity contribution in [1.29, 1.82) is 0 Å². The minimum Gasteiger partial charge on any atom is -0.496 e. The molecule has 0 aliphatic carbocycles. The molecule has 0 bridgehead atoms. The number of rotatable bonds is 6. The molecule has 0 atom stereocenters. The van der Waals surface area contributed by atoms with Gasteiger partial charge in [0.1, 0.15) is 5.75 Å². The lowest BCUT2D eigenvalue weighted by molar-refractivity contribution is 0.203. The molecule has 106 valence electrons. The van der Waals surface area contributed by atoms with Crippen molar-refractivity contribution in [3.63, 3.8) is 0 Å². The third kappa shape index (κ3) is 5.04. The molecule has 0 aliphatic heterocycles. The van der Waals surface area contributed by atoms with E-state index in [-0.39, 0.29) is 0 Å². The van der Waals surface area contributed by atoms with Crippen molar-refractivity contribution in [2.75, 3.05) is 34.4 Å². The number of hydrogen-bond acceptors (Lipinski definition) is 3. The molecule has 0 heterocycles. The SMILES string of the molecule is COCCNC(=S)N(C)Cc1cc(C)ccc1OC. The van der Waals surface area contributed by atoms with Crippen LogP contribution in [0, 0.1) is 6.92 Å². The maximum atomic E-state index is 5.37. The van der Waals surface area contributed by atoms with Gasteiger partial charge >= 0.3 is 0 Å². The van der Waals surface area contributed by atoms with E-state index in [2.05, 4.69) is 18.3 Å². The van der Waals surface area contributed by atoms with Gasteiger partial charge in [0, 0.05) is 32.8 Å². The second-order valence-electron chi connectivity index (χ2n) is 4.40. The van der Waals surface area contributed by atoms with E-state index in [1.165, 1.54) is 5.56 Å². The summed E-state index contributed by atoms with van der Waals surface area (Å²) in [6, 6.07) is 6.14. The average Bonchev–Trinajstić information content (AvgIpc) is 2.39.